The third-order valence-corrected chi connectivity index (χ3v) is 5.09. The van der Waals surface area contributed by atoms with Gasteiger partial charge in [-0.3, -0.25) is 0 Å². The molecule has 124 valence electrons. The summed E-state index contributed by atoms with van der Waals surface area (Å²) in [6.07, 6.45) is 7.33. The standard InChI is InChI=1S/C16H27N3O2S/c1-4-17-15(19-12-7-8-13(10-12)22-3)18-11-16(2,20)14-6-5-9-21-14/h5-6,9,12-13,20H,4,7-8,10-11H2,1-3H3,(H2,17,18,19). The maximum absolute atomic E-state index is 10.5. The van der Waals surface area contributed by atoms with Gasteiger partial charge in [0.05, 0.1) is 12.8 Å². The molecule has 2 rings (SSSR count). The third kappa shape index (κ3) is 4.68. The number of guanidine groups is 1. The molecule has 0 aliphatic heterocycles. The van der Waals surface area contributed by atoms with Gasteiger partial charge in [0, 0.05) is 17.8 Å². The van der Waals surface area contributed by atoms with Crippen LogP contribution in [-0.2, 0) is 5.60 Å². The number of thioether (sulfide) groups is 1. The summed E-state index contributed by atoms with van der Waals surface area (Å²) < 4.78 is 5.29. The van der Waals surface area contributed by atoms with E-state index in [1.807, 2.05) is 18.7 Å². The van der Waals surface area contributed by atoms with E-state index in [-0.39, 0.29) is 6.54 Å². The molecule has 1 aromatic rings. The van der Waals surface area contributed by atoms with Crippen molar-refractivity contribution in [3.8, 4) is 0 Å². The number of hydrogen-bond donors (Lipinski definition) is 3. The molecule has 3 atom stereocenters. The summed E-state index contributed by atoms with van der Waals surface area (Å²) >= 11 is 1.94. The second-order valence-corrected chi connectivity index (χ2v) is 7.10. The second-order valence-electron chi connectivity index (χ2n) is 5.96. The second kappa shape index (κ2) is 7.92. The maximum Gasteiger partial charge on any atom is 0.191 e. The van der Waals surface area contributed by atoms with E-state index >= 15 is 0 Å². The molecule has 1 aromatic heterocycles. The van der Waals surface area contributed by atoms with E-state index in [0.717, 1.165) is 17.8 Å². The lowest BCUT2D eigenvalue weighted by atomic mass is 10.0. The first kappa shape index (κ1) is 17.2. The minimum atomic E-state index is -1.09. The highest BCUT2D eigenvalue weighted by Gasteiger charge is 2.27. The van der Waals surface area contributed by atoms with Crippen molar-refractivity contribution in [2.75, 3.05) is 19.3 Å². The topological polar surface area (TPSA) is 69.8 Å². The minimum Gasteiger partial charge on any atom is -0.466 e. The Labute approximate surface area is 137 Å². The predicted octanol–water partition coefficient (Wildman–Crippen LogP) is 2.33. The predicted molar refractivity (Wildman–Crippen MR) is 92.3 cm³/mol. The Morgan fingerprint density at radius 2 is 2.36 bits per heavy atom. The zero-order valence-electron chi connectivity index (χ0n) is 13.6. The fourth-order valence-electron chi connectivity index (χ4n) is 2.69. The molecule has 0 amide bonds. The molecule has 1 saturated carbocycles. The lowest BCUT2D eigenvalue weighted by Crippen LogP contribution is -2.43. The van der Waals surface area contributed by atoms with Crippen molar-refractivity contribution < 1.29 is 9.52 Å². The van der Waals surface area contributed by atoms with Crippen molar-refractivity contribution in [3.05, 3.63) is 24.2 Å². The van der Waals surface area contributed by atoms with Gasteiger partial charge in [-0.15, -0.1) is 0 Å². The molecule has 3 unspecified atom stereocenters. The van der Waals surface area contributed by atoms with Crippen LogP contribution in [0.4, 0.5) is 0 Å². The zero-order valence-corrected chi connectivity index (χ0v) is 14.4. The molecule has 1 heterocycles. The SMILES string of the molecule is CCNC(=NCC(C)(O)c1ccco1)NC1CCC(SC)C1. The summed E-state index contributed by atoms with van der Waals surface area (Å²) in [4.78, 5) is 4.53. The van der Waals surface area contributed by atoms with Gasteiger partial charge in [-0.05, 0) is 51.5 Å². The van der Waals surface area contributed by atoms with Gasteiger partial charge in [0.25, 0.3) is 0 Å². The number of aliphatic hydroxyl groups is 1. The van der Waals surface area contributed by atoms with E-state index in [9.17, 15) is 5.11 Å². The van der Waals surface area contributed by atoms with Crippen molar-refractivity contribution in [1.82, 2.24) is 10.6 Å². The first-order valence-corrected chi connectivity index (χ1v) is 9.18. The van der Waals surface area contributed by atoms with E-state index in [4.69, 9.17) is 4.42 Å². The molecule has 0 bridgehead atoms. The average Bonchev–Trinajstić information content (AvgIpc) is 3.16. The van der Waals surface area contributed by atoms with Crippen LogP contribution in [0.5, 0.6) is 0 Å². The van der Waals surface area contributed by atoms with Crippen molar-refractivity contribution >= 4 is 17.7 Å². The molecule has 0 saturated heterocycles. The van der Waals surface area contributed by atoms with E-state index in [1.54, 1.807) is 25.3 Å². The van der Waals surface area contributed by atoms with E-state index < -0.39 is 5.60 Å². The van der Waals surface area contributed by atoms with Crippen molar-refractivity contribution in [2.45, 2.75) is 50.0 Å². The van der Waals surface area contributed by atoms with E-state index in [1.165, 1.54) is 19.3 Å². The Hall–Kier alpha value is -1.14. The van der Waals surface area contributed by atoms with Gasteiger partial charge in [-0.2, -0.15) is 11.8 Å². The highest BCUT2D eigenvalue weighted by atomic mass is 32.2. The van der Waals surface area contributed by atoms with Gasteiger partial charge < -0.3 is 20.2 Å². The number of hydrogen-bond acceptors (Lipinski definition) is 4. The number of furan rings is 1. The largest absolute Gasteiger partial charge is 0.466 e. The summed E-state index contributed by atoms with van der Waals surface area (Å²) in [5.74, 6) is 1.30. The van der Waals surface area contributed by atoms with Crippen LogP contribution in [0.3, 0.4) is 0 Å². The van der Waals surface area contributed by atoms with E-state index in [2.05, 4.69) is 21.9 Å². The van der Waals surface area contributed by atoms with Crippen LogP contribution in [0.25, 0.3) is 0 Å². The van der Waals surface area contributed by atoms with E-state index in [0.29, 0.717) is 11.8 Å². The summed E-state index contributed by atoms with van der Waals surface area (Å²) in [6.45, 7) is 4.82. The lowest BCUT2D eigenvalue weighted by Gasteiger charge is -2.21. The molecule has 6 heteroatoms. The molecule has 0 radical (unpaired) electrons. The normalized spacial score (nSPS) is 25.0. The highest BCUT2D eigenvalue weighted by molar-refractivity contribution is 7.99. The average molecular weight is 325 g/mol. The molecular formula is C16H27N3O2S. The van der Waals surface area contributed by atoms with Crippen LogP contribution in [-0.4, -0.2) is 41.7 Å². The molecule has 0 aromatic carbocycles. The molecule has 1 fully saturated rings. The molecule has 1 aliphatic rings. The van der Waals surface area contributed by atoms with Crippen LogP contribution in [0.2, 0.25) is 0 Å². The quantitative estimate of drug-likeness (QED) is 0.553. The molecule has 5 nitrogen and oxygen atoms in total. The third-order valence-electron chi connectivity index (χ3n) is 4.00. The molecule has 0 spiro atoms. The van der Waals surface area contributed by atoms with Crippen molar-refractivity contribution in [2.24, 2.45) is 4.99 Å². The van der Waals surface area contributed by atoms with Crippen LogP contribution in [0.15, 0.2) is 27.8 Å². The molecule has 3 N–H and O–H groups in total. The first-order valence-electron chi connectivity index (χ1n) is 7.89. The number of nitrogens with zero attached hydrogens (tertiary/aromatic N) is 1. The maximum atomic E-state index is 10.5. The number of nitrogens with one attached hydrogen (secondary N) is 2. The van der Waals surface area contributed by atoms with Gasteiger partial charge in [-0.1, -0.05) is 0 Å². The fraction of sp³-hybridized carbons (Fsp3) is 0.688. The van der Waals surface area contributed by atoms with Gasteiger partial charge in [-0.25, -0.2) is 4.99 Å². The van der Waals surface area contributed by atoms with Crippen molar-refractivity contribution in [1.29, 1.82) is 0 Å². The summed E-state index contributed by atoms with van der Waals surface area (Å²) in [7, 11) is 0. The minimum absolute atomic E-state index is 0.258. The van der Waals surface area contributed by atoms with Crippen LogP contribution >= 0.6 is 11.8 Å². The van der Waals surface area contributed by atoms with Gasteiger partial charge >= 0.3 is 0 Å². The molecule has 22 heavy (non-hydrogen) atoms. The van der Waals surface area contributed by atoms with Crippen LogP contribution in [0.1, 0.15) is 38.9 Å². The van der Waals surface area contributed by atoms with Crippen LogP contribution < -0.4 is 10.6 Å². The van der Waals surface area contributed by atoms with Gasteiger partial charge in [0.1, 0.15) is 11.4 Å². The van der Waals surface area contributed by atoms with Crippen LogP contribution in [0, 0.1) is 0 Å². The first-order chi connectivity index (χ1) is 10.5. The Kier molecular flexibility index (Phi) is 6.20. The number of rotatable bonds is 6. The molecular weight excluding hydrogens is 298 g/mol. The highest BCUT2D eigenvalue weighted by Crippen LogP contribution is 2.28. The smallest absolute Gasteiger partial charge is 0.191 e. The Balaban J connectivity index is 1.95. The Morgan fingerprint density at radius 1 is 1.55 bits per heavy atom. The van der Waals surface area contributed by atoms with Gasteiger partial charge in [0.15, 0.2) is 5.96 Å². The van der Waals surface area contributed by atoms with Crippen molar-refractivity contribution in [3.63, 3.8) is 0 Å². The van der Waals surface area contributed by atoms with Gasteiger partial charge in [0.2, 0.25) is 0 Å². The summed E-state index contributed by atoms with van der Waals surface area (Å²) in [6, 6.07) is 4.01. The number of aliphatic imine (C=N–C) groups is 1. The monoisotopic (exact) mass is 325 g/mol. The summed E-state index contributed by atoms with van der Waals surface area (Å²) in [5, 5.41) is 17.9. The lowest BCUT2D eigenvalue weighted by molar-refractivity contribution is 0.0436. The Morgan fingerprint density at radius 3 is 2.95 bits per heavy atom. The summed E-state index contributed by atoms with van der Waals surface area (Å²) in [5.41, 5.74) is -1.09. The zero-order chi connectivity index (χ0) is 16.0. The molecule has 1 aliphatic carbocycles. The Bertz CT molecular complexity index is 474. The fourth-order valence-corrected chi connectivity index (χ4v) is 3.49.